The highest BCUT2D eigenvalue weighted by Crippen LogP contribution is 2.32. The molecular formula is C9H13F3N4S. The molecule has 1 aromatic rings. The van der Waals surface area contributed by atoms with Gasteiger partial charge in [0.05, 0.1) is 13.1 Å². The molecule has 17 heavy (non-hydrogen) atoms. The number of halogens is 3. The second kappa shape index (κ2) is 4.77. The first-order valence-electron chi connectivity index (χ1n) is 5.29. The molecule has 1 fully saturated rings. The van der Waals surface area contributed by atoms with Crippen LogP contribution in [0.4, 0.5) is 18.3 Å². The van der Waals surface area contributed by atoms with Crippen LogP contribution in [0.2, 0.25) is 0 Å². The van der Waals surface area contributed by atoms with Crippen molar-refractivity contribution in [3.8, 4) is 0 Å². The molecule has 1 saturated carbocycles. The fourth-order valence-electron chi connectivity index (χ4n) is 1.58. The van der Waals surface area contributed by atoms with Crippen LogP contribution in [-0.4, -0.2) is 40.9 Å². The molecule has 0 amide bonds. The normalized spacial score (nSPS) is 16.5. The summed E-state index contributed by atoms with van der Waals surface area (Å²) < 4.78 is 37.1. The topological polar surface area (TPSA) is 41.1 Å². The smallest absolute Gasteiger partial charge is 0.363 e. The van der Waals surface area contributed by atoms with Crippen molar-refractivity contribution in [2.75, 3.05) is 18.9 Å². The highest BCUT2D eigenvalue weighted by Gasteiger charge is 2.38. The van der Waals surface area contributed by atoms with Crippen molar-refractivity contribution in [1.82, 2.24) is 15.1 Å². The summed E-state index contributed by atoms with van der Waals surface area (Å²) in [6, 6.07) is 0.0542. The van der Waals surface area contributed by atoms with Crippen LogP contribution in [0.5, 0.6) is 0 Å². The van der Waals surface area contributed by atoms with Gasteiger partial charge in [-0.3, -0.25) is 4.90 Å². The second-order valence-electron chi connectivity index (χ2n) is 4.00. The Morgan fingerprint density at radius 1 is 1.41 bits per heavy atom. The van der Waals surface area contributed by atoms with Crippen molar-refractivity contribution in [2.24, 2.45) is 0 Å². The maximum Gasteiger partial charge on any atom is 0.401 e. The molecule has 0 aromatic carbocycles. The van der Waals surface area contributed by atoms with Gasteiger partial charge in [0.2, 0.25) is 5.13 Å². The summed E-state index contributed by atoms with van der Waals surface area (Å²) in [6.45, 7) is -0.643. The first-order chi connectivity index (χ1) is 7.98. The molecule has 8 heteroatoms. The number of rotatable bonds is 5. The first kappa shape index (κ1) is 12.6. The minimum Gasteiger partial charge on any atom is -0.363 e. The van der Waals surface area contributed by atoms with Gasteiger partial charge in [0.25, 0.3) is 0 Å². The zero-order chi connectivity index (χ0) is 12.5. The standard InChI is InChI=1S/C9H13F3N4S/c1-13-8-15-14-7(17-8)4-16(6-2-3-6)5-9(10,11)12/h6H,2-5H2,1H3,(H,13,15). The minimum absolute atomic E-state index is 0.0542. The number of hydrogen-bond donors (Lipinski definition) is 1. The number of nitrogens with one attached hydrogen (secondary N) is 1. The number of hydrogen-bond acceptors (Lipinski definition) is 5. The molecule has 0 aliphatic heterocycles. The van der Waals surface area contributed by atoms with Gasteiger partial charge in [-0.15, -0.1) is 10.2 Å². The highest BCUT2D eigenvalue weighted by atomic mass is 32.1. The Morgan fingerprint density at radius 2 is 2.12 bits per heavy atom. The maximum absolute atomic E-state index is 12.4. The lowest BCUT2D eigenvalue weighted by atomic mass is 10.4. The molecule has 4 nitrogen and oxygen atoms in total. The van der Waals surface area contributed by atoms with E-state index in [9.17, 15) is 13.2 Å². The van der Waals surface area contributed by atoms with Gasteiger partial charge in [-0.05, 0) is 12.8 Å². The van der Waals surface area contributed by atoms with E-state index in [4.69, 9.17) is 0 Å². The molecule has 1 aromatic heterocycles. The molecule has 0 radical (unpaired) electrons. The van der Waals surface area contributed by atoms with Crippen molar-refractivity contribution in [3.05, 3.63) is 5.01 Å². The van der Waals surface area contributed by atoms with E-state index >= 15 is 0 Å². The van der Waals surface area contributed by atoms with Gasteiger partial charge >= 0.3 is 6.18 Å². The Hall–Kier alpha value is -0.890. The Kier molecular flexibility index (Phi) is 3.53. The third-order valence-corrected chi connectivity index (χ3v) is 3.39. The van der Waals surface area contributed by atoms with E-state index in [1.165, 1.54) is 16.2 Å². The van der Waals surface area contributed by atoms with Crippen LogP contribution in [0, 0.1) is 0 Å². The highest BCUT2D eigenvalue weighted by molar-refractivity contribution is 7.15. The second-order valence-corrected chi connectivity index (χ2v) is 5.06. The van der Waals surface area contributed by atoms with Crippen molar-refractivity contribution >= 4 is 16.5 Å². The average Bonchev–Trinajstić information content (AvgIpc) is 2.97. The van der Waals surface area contributed by atoms with Gasteiger partial charge in [-0.2, -0.15) is 13.2 Å². The third-order valence-electron chi connectivity index (χ3n) is 2.46. The minimum atomic E-state index is -4.15. The quantitative estimate of drug-likeness (QED) is 0.886. The SMILES string of the molecule is CNc1nnc(CN(CC(F)(F)F)C2CC2)s1. The fraction of sp³-hybridized carbons (Fsp3) is 0.778. The van der Waals surface area contributed by atoms with E-state index in [1.807, 2.05) is 0 Å². The lowest BCUT2D eigenvalue weighted by Gasteiger charge is -2.21. The third kappa shape index (κ3) is 3.81. The van der Waals surface area contributed by atoms with Gasteiger partial charge in [0, 0.05) is 13.1 Å². The molecule has 2 rings (SSSR count). The van der Waals surface area contributed by atoms with E-state index in [2.05, 4.69) is 15.5 Å². The van der Waals surface area contributed by atoms with Gasteiger partial charge in [-0.1, -0.05) is 11.3 Å². The van der Waals surface area contributed by atoms with E-state index in [0.717, 1.165) is 12.8 Å². The molecule has 1 heterocycles. The van der Waals surface area contributed by atoms with Crippen molar-refractivity contribution in [2.45, 2.75) is 31.6 Å². The van der Waals surface area contributed by atoms with Gasteiger partial charge in [-0.25, -0.2) is 0 Å². The summed E-state index contributed by atoms with van der Waals surface area (Å²) in [5.74, 6) is 0. The zero-order valence-electron chi connectivity index (χ0n) is 9.29. The largest absolute Gasteiger partial charge is 0.401 e. The number of aromatic nitrogens is 2. The summed E-state index contributed by atoms with van der Waals surface area (Å²) in [5.41, 5.74) is 0. The molecule has 0 atom stereocenters. The summed E-state index contributed by atoms with van der Waals surface area (Å²) in [6.07, 6.45) is -2.47. The molecule has 0 unspecified atom stereocenters. The van der Waals surface area contributed by atoms with Crippen LogP contribution in [0.25, 0.3) is 0 Å². The Balaban J connectivity index is 1.97. The maximum atomic E-state index is 12.4. The van der Waals surface area contributed by atoms with E-state index in [1.54, 1.807) is 7.05 Å². The fourth-order valence-corrected chi connectivity index (χ4v) is 2.30. The van der Waals surface area contributed by atoms with Crippen LogP contribution >= 0.6 is 11.3 Å². The van der Waals surface area contributed by atoms with Crippen LogP contribution < -0.4 is 5.32 Å². The van der Waals surface area contributed by atoms with Crippen LogP contribution in [-0.2, 0) is 6.54 Å². The molecule has 1 N–H and O–H groups in total. The van der Waals surface area contributed by atoms with Gasteiger partial charge in [0.15, 0.2) is 0 Å². The lowest BCUT2D eigenvalue weighted by molar-refractivity contribution is -0.148. The Labute approximate surface area is 101 Å². The zero-order valence-corrected chi connectivity index (χ0v) is 10.1. The van der Waals surface area contributed by atoms with Crippen LogP contribution in [0.1, 0.15) is 17.8 Å². The molecule has 1 aliphatic rings. The summed E-state index contributed by atoms with van der Waals surface area (Å²) in [4.78, 5) is 1.43. The van der Waals surface area contributed by atoms with Crippen molar-refractivity contribution in [3.63, 3.8) is 0 Å². The van der Waals surface area contributed by atoms with Crippen molar-refractivity contribution < 1.29 is 13.2 Å². The number of nitrogens with zero attached hydrogens (tertiary/aromatic N) is 3. The molecule has 0 saturated heterocycles. The predicted octanol–water partition coefficient (Wildman–Crippen LogP) is 2.11. The molecule has 0 bridgehead atoms. The van der Waals surface area contributed by atoms with Gasteiger partial charge < -0.3 is 5.32 Å². The van der Waals surface area contributed by atoms with Crippen LogP contribution in [0.3, 0.4) is 0 Å². The van der Waals surface area contributed by atoms with Crippen LogP contribution in [0.15, 0.2) is 0 Å². The molecule has 1 aliphatic carbocycles. The molecule has 96 valence electrons. The lowest BCUT2D eigenvalue weighted by Crippen LogP contribution is -2.35. The van der Waals surface area contributed by atoms with E-state index in [0.29, 0.717) is 10.1 Å². The van der Waals surface area contributed by atoms with Crippen molar-refractivity contribution in [1.29, 1.82) is 0 Å². The van der Waals surface area contributed by atoms with Gasteiger partial charge in [0.1, 0.15) is 5.01 Å². The predicted molar refractivity (Wildman–Crippen MR) is 58.9 cm³/mol. The summed E-state index contributed by atoms with van der Waals surface area (Å²) in [5, 5.41) is 11.7. The average molecular weight is 266 g/mol. The molecular weight excluding hydrogens is 253 g/mol. The number of alkyl halides is 3. The van der Waals surface area contributed by atoms with E-state index in [-0.39, 0.29) is 12.6 Å². The Bertz CT molecular complexity index is 375. The monoisotopic (exact) mass is 266 g/mol. The molecule has 0 spiro atoms. The Morgan fingerprint density at radius 3 is 2.59 bits per heavy atom. The number of anilines is 1. The summed E-state index contributed by atoms with van der Waals surface area (Å²) in [7, 11) is 1.71. The van der Waals surface area contributed by atoms with E-state index < -0.39 is 12.7 Å². The summed E-state index contributed by atoms with van der Waals surface area (Å²) >= 11 is 1.29. The first-order valence-corrected chi connectivity index (χ1v) is 6.10.